The van der Waals surface area contributed by atoms with E-state index in [0.717, 1.165) is 17.4 Å². The summed E-state index contributed by atoms with van der Waals surface area (Å²) >= 11 is 7.21. The molecular formula is C13H14Br2N2. The second kappa shape index (κ2) is 5.83. The first-order valence-electron chi connectivity index (χ1n) is 5.49. The lowest BCUT2D eigenvalue weighted by Gasteiger charge is -2.14. The molecule has 1 aromatic heterocycles. The topological polar surface area (TPSA) is 17.8 Å². The molecule has 0 saturated heterocycles. The van der Waals surface area contributed by atoms with Crippen LogP contribution in [0, 0.1) is 0 Å². The van der Waals surface area contributed by atoms with E-state index in [0.29, 0.717) is 5.92 Å². The lowest BCUT2D eigenvalue weighted by molar-refractivity contribution is 0.700. The fraction of sp³-hybridized carbons (Fsp3) is 0.308. The molecule has 4 heteroatoms. The molecule has 0 spiro atoms. The molecule has 1 unspecified atom stereocenters. The molecule has 2 rings (SSSR count). The summed E-state index contributed by atoms with van der Waals surface area (Å²) in [5.74, 6) is 0.445. The van der Waals surface area contributed by atoms with Gasteiger partial charge in [0.05, 0.1) is 5.69 Å². The number of hydrogen-bond donors (Lipinski definition) is 0. The molecule has 2 aromatic rings. The van der Waals surface area contributed by atoms with E-state index >= 15 is 0 Å². The van der Waals surface area contributed by atoms with Gasteiger partial charge in [-0.3, -0.25) is 4.68 Å². The molecule has 0 fully saturated rings. The SMILES string of the molecule is Cn1ccc(CC(CBr)c2ccccc2Br)n1. The fourth-order valence-corrected chi connectivity index (χ4v) is 3.06. The van der Waals surface area contributed by atoms with Gasteiger partial charge in [0.15, 0.2) is 0 Å². The Kier molecular flexibility index (Phi) is 4.40. The first-order valence-corrected chi connectivity index (χ1v) is 7.41. The Balaban J connectivity index is 2.20. The number of aromatic nitrogens is 2. The molecule has 0 amide bonds. The molecule has 0 radical (unpaired) electrons. The van der Waals surface area contributed by atoms with Gasteiger partial charge in [0.2, 0.25) is 0 Å². The van der Waals surface area contributed by atoms with E-state index in [1.54, 1.807) is 0 Å². The standard InChI is InChI=1S/C13H14Br2N2/c1-17-7-6-11(16-17)8-10(9-14)12-4-2-3-5-13(12)15/h2-7,10H,8-9H2,1H3. The number of benzene rings is 1. The highest BCUT2D eigenvalue weighted by Gasteiger charge is 2.14. The van der Waals surface area contributed by atoms with E-state index in [4.69, 9.17) is 0 Å². The summed E-state index contributed by atoms with van der Waals surface area (Å²) in [6, 6.07) is 10.4. The number of nitrogens with zero attached hydrogens (tertiary/aromatic N) is 2. The summed E-state index contributed by atoms with van der Waals surface area (Å²) in [7, 11) is 1.95. The van der Waals surface area contributed by atoms with Crippen molar-refractivity contribution in [1.29, 1.82) is 0 Å². The molecule has 0 N–H and O–H groups in total. The summed E-state index contributed by atoms with van der Waals surface area (Å²) < 4.78 is 3.01. The van der Waals surface area contributed by atoms with Crippen LogP contribution in [-0.4, -0.2) is 15.1 Å². The van der Waals surface area contributed by atoms with Crippen molar-refractivity contribution in [3.8, 4) is 0 Å². The monoisotopic (exact) mass is 356 g/mol. The van der Waals surface area contributed by atoms with Crippen LogP contribution in [-0.2, 0) is 13.5 Å². The first-order chi connectivity index (χ1) is 8.20. The third kappa shape index (κ3) is 3.19. The summed E-state index contributed by atoms with van der Waals surface area (Å²) in [5, 5.41) is 5.37. The zero-order chi connectivity index (χ0) is 12.3. The van der Waals surface area contributed by atoms with Crippen LogP contribution in [0.25, 0.3) is 0 Å². The molecule has 90 valence electrons. The lowest BCUT2D eigenvalue weighted by atomic mass is 9.96. The number of aryl methyl sites for hydroxylation is 1. The van der Waals surface area contributed by atoms with Gasteiger partial charge in [-0.05, 0) is 24.1 Å². The molecule has 0 aliphatic carbocycles. The van der Waals surface area contributed by atoms with Crippen LogP contribution in [0.3, 0.4) is 0 Å². The van der Waals surface area contributed by atoms with Crippen molar-refractivity contribution >= 4 is 31.9 Å². The van der Waals surface area contributed by atoms with E-state index in [9.17, 15) is 0 Å². The van der Waals surface area contributed by atoms with Gasteiger partial charge in [0.25, 0.3) is 0 Å². The van der Waals surface area contributed by atoms with Gasteiger partial charge in [-0.15, -0.1) is 0 Å². The number of hydrogen-bond acceptors (Lipinski definition) is 1. The highest BCUT2D eigenvalue weighted by molar-refractivity contribution is 9.10. The van der Waals surface area contributed by atoms with Gasteiger partial charge in [-0.25, -0.2) is 0 Å². The van der Waals surface area contributed by atoms with Crippen molar-refractivity contribution in [3.05, 3.63) is 52.3 Å². The third-order valence-electron chi connectivity index (χ3n) is 2.76. The smallest absolute Gasteiger partial charge is 0.0630 e. The number of alkyl halides is 1. The van der Waals surface area contributed by atoms with Crippen LogP contribution in [0.15, 0.2) is 41.0 Å². The summed E-state index contributed by atoms with van der Waals surface area (Å²) in [4.78, 5) is 0. The van der Waals surface area contributed by atoms with Crippen LogP contribution < -0.4 is 0 Å². The van der Waals surface area contributed by atoms with Crippen LogP contribution in [0.2, 0.25) is 0 Å². The zero-order valence-electron chi connectivity index (χ0n) is 9.61. The van der Waals surface area contributed by atoms with E-state index in [2.05, 4.69) is 61.2 Å². The molecule has 1 atom stereocenters. The van der Waals surface area contributed by atoms with E-state index < -0.39 is 0 Å². The molecule has 2 nitrogen and oxygen atoms in total. The molecule has 1 heterocycles. The highest BCUT2D eigenvalue weighted by atomic mass is 79.9. The molecule has 1 aromatic carbocycles. The summed E-state index contributed by atoms with van der Waals surface area (Å²) in [6.07, 6.45) is 2.94. The quantitative estimate of drug-likeness (QED) is 0.758. The van der Waals surface area contributed by atoms with Crippen molar-refractivity contribution in [2.75, 3.05) is 5.33 Å². The minimum Gasteiger partial charge on any atom is -0.276 e. The van der Waals surface area contributed by atoms with Crippen LogP contribution in [0.4, 0.5) is 0 Å². The zero-order valence-corrected chi connectivity index (χ0v) is 12.8. The van der Waals surface area contributed by atoms with Gasteiger partial charge in [-0.1, -0.05) is 50.1 Å². The molecular weight excluding hydrogens is 344 g/mol. The van der Waals surface area contributed by atoms with Gasteiger partial charge >= 0.3 is 0 Å². The first kappa shape index (κ1) is 12.8. The van der Waals surface area contributed by atoms with Gasteiger partial charge in [0, 0.05) is 29.0 Å². The maximum atomic E-state index is 4.43. The Bertz CT molecular complexity index is 494. The Morgan fingerprint density at radius 1 is 1.29 bits per heavy atom. The molecule has 0 bridgehead atoms. The minimum absolute atomic E-state index is 0.445. The lowest BCUT2D eigenvalue weighted by Crippen LogP contribution is -2.06. The predicted octanol–water partition coefficient (Wildman–Crippen LogP) is 3.90. The molecule has 0 aliphatic heterocycles. The van der Waals surface area contributed by atoms with Crippen LogP contribution >= 0.6 is 31.9 Å². The third-order valence-corrected chi connectivity index (χ3v) is 4.26. The fourth-order valence-electron chi connectivity index (χ4n) is 1.88. The molecule has 0 saturated carbocycles. The van der Waals surface area contributed by atoms with Crippen molar-refractivity contribution in [1.82, 2.24) is 9.78 Å². The van der Waals surface area contributed by atoms with Crippen molar-refractivity contribution in [2.24, 2.45) is 7.05 Å². The largest absolute Gasteiger partial charge is 0.276 e. The average molecular weight is 358 g/mol. The maximum Gasteiger partial charge on any atom is 0.0630 e. The van der Waals surface area contributed by atoms with E-state index in [1.807, 2.05) is 24.0 Å². The van der Waals surface area contributed by atoms with Gasteiger partial charge in [-0.2, -0.15) is 5.10 Å². The Morgan fingerprint density at radius 2 is 2.06 bits per heavy atom. The number of halogens is 2. The Labute approximate surface area is 118 Å². The maximum absolute atomic E-state index is 4.43. The second-order valence-electron chi connectivity index (χ2n) is 4.06. The highest BCUT2D eigenvalue weighted by Crippen LogP contribution is 2.28. The van der Waals surface area contributed by atoms with Crippen molar-refractivity contribution in [3.63, 3.8) is 0 Å². The van der Waals surface area contributed by atoms with Crippen LogP contribution in [0.5, 0.6) is 0 Å². The molecule has 17 heavy (non-hydrogen) atoms. The minimum atomic E-state index is 0.445. The predicted molar refractivity (Wildman–Crippen MR) is 77.6 cm³/mol. The van der Waals surface area contributed by atoms with Crippen molar-refractivity contribution in [2.45, 2.75) is 12.3 Å². The van der Waals surface area contributed by atoms with Gasteiger partial charge in [0.1, 0.15) is 0 Å². The second-order valence-corrected chi connectivity index (χ2v) is 5.56. The van der Waals surface area contributed by atoms with Crippen LogP contribution in [0.1, 0.15) is 17.2 Å². The van der Waals surface area contributed by atoms with Crippen molar-refractivity contribution < 1.29 is 0 Å². The number of rotatable bonds is 4. The summed E-state index contributed by atoms with van der Waals surface area (Å²) in [6.45, 7) is 0. The normalized spacial score (nSPS) is 12.6. The average Bonchev–Trinajstić information content (AvgIpc) is 2.73. The van der Waals surface area contributed by atoms with E-state index in [1.165, 1.54) is 10.0 Å². The van der Waals surface area contributed by atoms with Gasteiger partial charge < -0.3 is 0 Å². The van der Waals surface area contributed by atoms with E-state index in [-0.39, 0.29) is 0 Å². The molecule has 0 aliphatic rings. The summed E-state index contributed by atoms with van der Waals surface area (Å²) in [5.41, 5.74) is 2.46. The Morgan fingerprint density at radius 3 is 2.65 bits per heavy atom. The Hall–Kier alpha value is -0.610.